The summed E-state index contributed by atoms with van der Waals surface area (Å²) in [6.07, 6.45) is 2.83. The minimum absolute atomic E-state index is 0.171. The number of halogens is 2. The van der Waals surface area contributed by atoms with Gasteiger partial charge in [0.2, 0.25) is 0 Å². The monoisotopic (exact) mass is 652 g/mol. The van der Waals surface area contributed by atoms with Gasteiger partial charge in [-0.2, -0.15) is 4.68 Å². The fourth-order valence-electron chi connectivity index (χ4n) is 5.65. The average molecular weight is 654 g/mol. The molecule has 7 rings (SSSR count). The van der Waals surface area contributed by atoms with Crippen LogP contribution in [0.25, 0.3) is 27.4 Å². The SMILES string of the molecule is O=C(OCCN1CCOCC1)c1ccc(-c2nc(C3CCc4cc(-c5cc(Cl)ccc5-n5cnnn5)cc(=O)n43)[nH]c2Cl)s1. The van der Waals surface area contributed by atoms with Crippen LogP contribution in [0.3, 0.4) is 0 Å². The quantitative estimate of drug-likeness (QED) is 0.244. The molecule has 0 spiro atoms. The lowest BCUT2D eigenvalue weighted by Gasteiger charge is -2.26. The first-order valence-electron chi connectivity index (χ1n) is 14.1. The third kappa shape index (κ3) is 5.69. The van der Waals surface area contributed by atoms with Crippen molar-refractivity contribution in [3.8, 4) is 27.4 Å². The van der Waals surface area contributed by atoms with Crippen molar-refractivity contribution in [1.82, 2.24) is 39.6 Å². The normalized spacial score (nSPS) is 16.7. The largest absolute Gasteiger partial charge is 0.460 e. The molecule has 0 amide bonds. The van der Waals surface area contributed by atoms with Gasteiger partial charge in [-0.15, -0.1) is 16.4 Å². The Labute approximate surface area is 265 Å². The van der Waals surface area contributed by atoms with Crippen LogP contribution in [0, 0.1) is 0 Å². The Hall–Kier alpha value is -3.88. The Morgan fingerprint density at radius 1 is 1.14 bits per heavy atom. The molecule has 1 unspecified atom stereocenters. The van der Waals surface area contributed by atoms with E-state index in [2.05, 4.69) is 25.4 Å². The number of nitrogens with one attached hydrogen (secondary N) is 1. The number of rotatable bonds is 8. The minimum Gasteiger partial charge on any atom is -0.460 e. The summed E-state index contributed by atoms with van der Waals surface area (Å²) in [5.41, 5.74) is 3.39. The number of benzene rings is 1. The zero-order valence-corrected chi connectivity index (χ0v) is 25.6. The van der Waals surface area contributed by atoms with Crippen LogP contribution in [0.4, 0.5) is 0 Å². The number of nitrogens with zero attached hydrogens (tertiary/aromatic N) is 7. The topological polar surface area (TPSA) is 133 Å². The molecule has 44 heavy (non-hydrogen) atoms. The molecule has 1 aromatic carbocycles. The highest BCUT2D eigenvalue weighted by Gasteiger charge is 2.29. The number of tetrazole rings is 1. The Morgan fingerprint density at radius 2 is 2.00 bits per heavy atom. The van der Waals surface area contributed by atoms with Gasteiger partial charge in [0, 0.05) is 42.0 Å². The van der Waals surface area contributed by atoms with E-state index in [0.717, 1.165) is 34.8 Å². The molecule has 226 valence electrons. The standard InChI is InChI=1S/C29H26Cl2N8O4S/c30-18-1-3-21(38-16-32-35-36-38)20(15-18)17-13-19-2-4-22(39(19)25(40)14-17)28-33-26(27(31)34-28)23-5-6-24(44-23)29(41)43-12-9-37-7-10-42-11-8-37/h1,3,5-6,13-16,22H,2,4,7-12H2,(H,33,34). The third-order valence-electron chi connectivity index (χ3n) is 7.78. The Kier molecular flexibility index (Phi) is 8.04. The predicted octanol–water partition coefficient (Wildman–Crippen LogP) is 4.27. The number of hydrogen-bond acceptors (Lipinski definition) is 10. The van der Waals surface area contributed by atoms with Crippen molar-refractivity contribution in [3.05, 3.63) is 85.7 Å². The van der Waals surface area contributed by atoms with E-state index < -0.39 is 0 Å². The van der Waals surface area contributed by atoms with Crippen molar-refractivity contribution in [2.45, 2.75) is 18.9 Å². The van der Waals surface area contributed by atoms with Crippen LogP contribution < -0.4 is 5.56 Å². The van der Waals surface area contributed by atoms with Crippen LogP contribution in [0.2, 0.25) is 10.2 Å². The predicted molar refractivity (Wildman–Crippen MR) is 165 cm³/mol. The number of imidazole rings is 1. The van der Waals surface area contributed by atoms with Crippen LogP contribution in [-0.4, -0.2) is 85.1 Å². The first kappa shape index (κ1) is 28.9. The molecule has 2 aliphatic rings. The number of ether oxygens (including phenoxy) is 2. The molecule has 0 aliphatic carbocycles. The van der Waals surface area contributed by atoms with Crippen LogP contribution in [0.15, 0.2) is 53.6 Å². The van der Waals surface area contributed by atoms with Crippen LogP contribution in [0.5, 0.6) is 0 Å². The van der Waals surface area contributed by atoms with Crippen molar-refractivity contribution in [1.29, 1.82) is 0 Å². The zero-order valence-electron chi connectivity index (χ0n) is 23.3. The van der Waals surface area contributed by atoms with Gasteiger partial charge in [0.25, 0.3) is 5.56 Å². The maximum Gasteiger partial charge on any atom is 0.348 e. The molecule has 0 saturated carbocycles. The van der Waals surface area contributed by atoms with E-state index in [-0.39, 0.29) is 17.6 Å². The van der Waals surface area contributed by atoms with Gasteiger partial charge in [0.1, 0.15) is 34.5 Å². The molecule has 2 aliphatic heterocycles. The summed E-state index contributed by atoms with van der Waals surface area (Å²) in [5, 5.41) is 12.3. The number of hydrogen-bond donors (Lipinski definition) is 1. The molecule has 15 heteroatoms. The van der Waals surface area contributed by atoms with Crippen LogP contribution in [0.1, 0.15) is 33.7 Å². The molecule has 0 bridgehead atoms. The molecule has 6 heterocycles. The number of thiophene rings is 1. The second-order valence-corrected chi connectivity index (χ2v) is 12.4. The van der Waals surface area contributed by atoms with Gasteiger partial charge in [-0.1, -0.05) is 23.2 Å². The highest BCUT2D eigenvalue weighted by atomic mass is 35.5. The second-order valence-electron chi connectivity index (χ2n) is 10.5. The Bertz CT molecular complexity index is 1880. The Morgan fingerprint density at radius 3 is 2.82 bits per heavy atom. The van der Waals surface area contributed by atoms with Gasteiger partial charge < -0.3 is 19.0 Å². The summed E-state index contributed by atoms with van der Waals surface area (Å²) in [6, 6.07) is 12.1. The lowest BCUT2D eigenvalue weighted by Crippen LogP contribution is -2.38. The number of aromatic amines is 1. The molecule has 1 saturated heterocycles. The van der Waals surface area contributed by atoms with E-state index in [0.29, 0.717) is 71.5 Å². The number of esters is 1. The van der Waals surface area contributed by atoms with Crippen LogP contribution in [-0.2, 0) is 15.9 Å². The fraction of sp³-hybridized carbons (Fsp3) is 0.310. The van der Waals surface area contributed by atoms with Crippen molar-refractivity contribution < 1.29 is 14.3 Å². The zero-order chi connectivity index (χ0) is 30.2. The van der Waals surface area contributed by atoms with E-state index in [1.54, 1.807) is 28.8 Å². The summed E-state index contributed by atoms with van der Waals surface area (Å²) >= 11 is 14.2. The summed E-state index contributed by atoms with van der Waals surface area (Å²) in [6.45, 7) is 4.06. The highest BCUT2D eigenvalue weighted by molar-refractivity contribution is 7.17. The van der Waals surface area contributed by atoms with E-state index in [1.807, 2.05) is 18.2 Å². The maximum atomic E-state index is 13.5. The molecule has 0 radical (unpaired) electrons. The summed E-state index contributed by atoms with van der Waals surface area (Å²) < 4.78 is 14.1. The first-order chi connectivity index (χ1) is 21.4. The lowest BCUT2D eigenvalue weighted by atomic mass is 10.0. The van der Waals surface area contributed by atoms with Crippen molar-refractivity contribution in [3.63, 3.8) is 0 Å². The number of carbonyl (C=O) groups excluding carboxylic acids is 1. The minimum atomic E-state index is -0.378. The summed E-state index contributed by atoms with van der Waals surface area (Å²) in [4.78, 5) is 37.6. The van der Waals surface area contributed by atoms with Gasteiger partial charge in [0.05, 0.1) is 29.8 Å². The maximum absolute atomic E-state index is 13.5. The molecule has 5 aromatic rings. The van der Waals surface area contributed by atoms with Gasteiger partial charge in [-0.05, 0) is 65.2 Å². The third-order valence-corrected chi connectivity index (χ3v) is 9.36. The second kappa shape index (κ2) is 12.3. The van der Waals surface area contributed by atoms with Gasteiger partial charge in [-0.25, -0.2) is 9.78 Å². The van der Waals surface area contributed by atoms with Gasteiger partial charge >= 0.3 is 5.97 Å². The molecular formula is C29H26Cl2N8O4S. The van der Waals surface area contributed by atoms with Gasteiger partial charge in [-0.3, -0.25) is 9.69 Å². The number of pyridine rings is 1. The van der Waals surface area contributed by atoms with E-state index in [1.165, 1.54) is 22.3 Å². The number of morpholine rings is 1. The number of fused-ring (bicyclic) bond motifs is 1. The lowest BCUT2D eigenvalue weighted by molar-refractivity contribution is 0.0197. The van der Waals surface area contributed by atoms with Crippen molar-refractivity contribution in [2.75, 3.05) is 39.5 Å². The van der Waals surface area contributed by atoms with Gasteiger partial charge in [0.15, 0.2) is 0 Å². The molecule has 1 atom stereocenters. The number of aryl methyl sites for hydroxylation is 1. The number of aromatic nitrogens is 7. The van der Waals surface area contributed by atoms with Crippen LogP contribution >= 0.6 is 34.5 Å². The molecular weight excluding hydrogens is 627 g/mol. The molecule has 1 N–H and O–H groups in total. The fourth-order valence-corrected chi connectivity index (χ4v) is 7.01. The van der Waals surface area contributed by atoms with E-state index >= 15 is 0 Å². The van der Waals surface area contributed by atoms with E-state index in [9.17, 15) is 9.59 Å². The first-order valence-corrected chi connectivity index (χ1v) is 15.6. The smallest absolute Gasteiger partial charge is 0.348 e. The molecule has 4 aromatic heterocycles. The molecule has 1 fully saturated rings. The molecule has 12 nitrogen and oxygen atoms in total. The average Bonchev–Trinajstić information content (AvgIpc) is 3.84. The summed E-state index contributed by atoms with van der Waals surface area (Å²) in [5.74, 6) is 0.204. The van der Waals surface area contributed by atoms with E-state index in [4.69, 9.17) is 37.7 Å². The van der Waals surface area contributed by atoms with Crippen molar-refractivity contribution in [2.24, 2.45) is 0 Å². The highest BCUT2D eigenvalue weighted by Crippen LogP contribution is 2.37. The number of carbonyl (C=O) groups is 1. The van der Waals surface area contributed by atoms with Crippen molar-refractivity contribution >= 4 is 40.5 Å². The summed E-state index contributed by atoms with van der Waals surface area (Å²) in [7, 11) is 0. The number of H-pyrrole nitrogens is 1. The Balaban J connectivity index is 1.10.